The average Bonchev–Trinajstić information content (AvgIpc) is 2.38. The molecule has 2 aromatic carbocycles. The molecule has 0 fully saturated rings. The molecule has 0 spiro atoms. The molecule has 0 amide bonds. The van der Waals surface area contributed by atoms with E-state index in [9.17, 15) is 0 Å². The molecule has 0 unspecified atom stereocenters. The quantitative estimate of drug-likeness (QED) is 0.891. The number of hydrogen-bond acceptors (Lipinski definition) is 3. The van der Waals surface area contributed by atoms with Crippen LogP contribution in [0.5, 0.6) is 0 Å². The van der Waals surface area contributed by atoms with Gasteiger partial charge in [0.25, 0.3) is 0 Å². The molecule has 3 heteroatoms. The van der Waals surface area contributed by atoms with Crippen LogP contribution in [0.25, 0.3) is 10.8 Å². The Balaban J connectivity index is 2.43. The molecule has 0 aliphatic rings. The second kappa shape index (κ2) is 6.04. The van der Waals surface area contributed by atoms with Crippen LogP contribution in [0.2, 0.25) is 0 Å². The van der Waals surface area contributed by atoms with Gasteiger partial charge in [-0.3, -0.25) is 4.90 Å². The largest absolute Gasteiger partial charge is 0.395 e. The van der Waals surface area contributed by atoms with Crippen LogP contribution in [0.15, 0.2) is 36.4 Å². The fourth-order valence-electron chi connectivity index (χ4n) is 2.43. The van der Waals surface area contributed by atoms with Gasteiger partial charge in [-0.2, -0.15) is 0 Å². The van der Waals surface area contributed by atoms with Crippen molar-refractivity contribution < 1.29 is 5.11 Å². The van der Waals surface area contributed by atoms with Crippen LogP contribution in [0.4, 0.5) is 5.69 Å². The number of hydrogen-bond donors (Lipinski definition) is 1. The zero-order chi connectivity index (χ0) is 13.8. The fraction of sp³-hybridized carbons (Fsp3) is 0.375. The van der Waals surface area contributed by atoms with E-state index in [1.54, 1.807) is 0 Å². The summed E-state index contributed by atoms with van der Waals surface area (Å²) >= 11 is 0. The molecule has 0 aromatic heterocycles. The second-order valence-electron chi connectivity index (χ2n) is 5.15. The predicted molar refractivity (Wildman–Crippen MR) is 81.7 cm³/mol. The summed E-state index contributed by atoms with van der Waals surface area (Å²) in [6, 6.07) is 12.9. The molecule has 0 heterocycles. The lowest BCUT2D eigenvalue weighted by molar-refractivity contribution is 0.217. The minimum atomic E-state index is 0.199. The number of anilines is 1. The van der Waals surface area contributed by atoms with Crippen molar-refractivity contribution in [3.05, 3.63) is 42.0 Å². The number of likely N-dealkylation sites (N-methyl/N-ethyl adjacent to an activating group) is 1. The van der Waals surface area contributed by atoms with E-state index in [0.717, 1.165) is 6.54 Å². The fourth-order valence-corrected chi connectivity index (χ4v) is 2.43. The average molecular weight is 258 g/mol. The summed E-state index contributed by atoms with van der Waals surface area (Å²) in [7, 11) is 6.17. The van der Waals surface area contributed by atoms with E-state index in [4.69, 9.17) is 5.11 Å². The molecule has 2 aromatic rings. The van der Waals surface area contributed by atoms with Crippen LogP contribution < -0.4 is 4.90 Å². The summed E-state index contributed by atoms with van der Waals surface area (Å²) in [4.78, 5) is 4.28. The first-order chi connectivity index (χ1) is 9.13. The highest BCUT2D eigenvalue weighted by molar-refractivity contribution is 5.96. The highest BCUT2D eigenvalue weighted by Gasteiger charge is 2.07. The van der Waals surface area contributed by atoms with Crippen molar-refractivity contribution in [2.24, 2.45) is 0 Å². The van der Waals surface area contributed by atoms with Gasteiger partial charge >= 0.3 is 0 Å². The van der Waals surface area contributed by atoms with E-state index in [1.807, 2.05) is 7.05 Å². The number of rotatable bonds is 5. The van der Waals surface area contributed by atoms with Crippen LogP contribution in [0.1, 0.15) is 5.56 Å². The van der Waals surface area contributed by atoms with Gasteiger partial charge in [0.05, 0.1) is 6.61 Å². The van der Waals surface area contributed by atoms with Gasteiger partial charge in [-0.25, -0.2) is 0 Å². The van der Waals surface area contributed by atoms with Crippen molar-refractivity contribution in [3.63, 3.8) is 0 Å². The molecular formula is C16H22N2O. The molecule has 19 heavy (non-hydrogen) atoms. The molecule has 3 nitrogen and oxygen atoms in total. The smallest absolute Gasteiger partial charge is 0.0558 e. The third-order valence-electron chi connectivity index (χ3n) is 3.39. The van der Waals surface area contributed by atoms with Gasteiger partial charge in [0.1, 0.15) is 0 Å². The normalized spacial score (nSPS) is 11.2. The summed E-state index contributed by atoms with van der Waals surface area (Å²) in [6.07, 6.45) is 0. The van der Waals surface area contributed by atoms with Gasteiger partial charge < -0.3 is 10.0 Å². The molecule has 1 N–H and O–H groups in total. The zero-order valence-electron chi connectivity index (χ0n) is 11.9. The van der Waals surface area contributed by atoms with Crippen molar-refractivity contribution in [1.29, 1.82) is 0 Å². The number of aliphatic hydroxyl groups is 1. The second-order valence-corrected chi connectivity index (χ2v) is 5.15. The molecule has 0 aliphatic heterocycles. The lowest BCUT2D eigenvalue weighted by Crippen LogP contribution is -2.21. The first kappa shape index (κ1) is 13.8. The van der Waals surface area contributed by atoms with Crippen LogP contribution in [-0.2, 0) is 6.54 Å². The standard InChI is InChI=1S/C16H22N2O/c1-17(2)16-9-5-7-14-13(6-4-8-15(14)16)12-18(3)10-11-19/h4-9,19H,10-12H2,1-3H3. The Labute approximate surface area is 115 Å². The summed E-state index contributed by atoms with van der Waals surface area (Å²) in [5, 5.41) is 11.6. The van der Waals surface area contributed by atoms with E-state index in [2.05, 4.69) is 60.3 Å². The van der Waals surface area contributed by atoms with E-state index in [0.29, 0.717) is 6.54 Å². The molecule has 2 rings (SSSR count). The predicted octanol–water partition coefficient (Wildman–Crippen LogP) is 2.33. The minimum Gasteiger partial charge on any atom is -0.395 e. The summed E-state index contributed by atoms with van der Waals surface area (Å²) in [5.74, 6) is 0. The highest BCUT2D eigenvalue weighted by atomic mass is 16.3. The van der Waals surface area contributed by atoms with Gasteiger partial charge in [0, 0.05) is 38.3 Å². The van der Waals surface area contributed by atoms with Gasteiger partial charge in [-0.05, 0) is 24.1 Å². The van der Waals surface area contributed by atoms with Crippen molar-refractivity contribution in [2.45, 2.75) is 6.54 Å². The first-order valence-electron chi connectivity index (χ1n) is 6.61. The summed E-state index contributed by atoms with van der Waals surface area (Å²) in [5.41, 5.74) is 2.54. The maximum Gasteiger partial charge on any atom is 0.0558 e. The van der Waals surface area contributed by atoms with E-state index >= 15 is 0 Å². The topological polar surface area (TPSA) is 26.7 Å². The number of benzene rings is 2. The molecule has 0 saturated heterocycles. The lowest BCUT2D eigenvalue weighted by atomic mass is 10.0. The Morgan fingerprint density at radius 3 is 2.32 bits per heavy atom. The Kier molecular flexibility index (Phi) is 4.40. The molecule has 0 radical (unpaired) electrons. The number of aliphatic hydroxyl groups excluding tert-OH is 1. The Morgan fingerprint density at radius 2 is 1.63 bits per heavy atom. The third-order valence-corrected chi connectivity index (χ3v) is 3.39. The number of nitrogens with zero attached hydrogens (tertiary/aromatic N) is 2. The van der Waals surface area contributed by atoms with Crippen LogP contribution in [0.3, 0.4) is 0 Å². The van der Waals surface area contributed by atoms with Crippen molar-refractivity contribution in [2.75, 3.05) is 39.2 Å². The summed E-state index contributed by atoms with van der Waals surface area (Å²) < 4.78 is 0. The van der Waals surface area contributed by atoms with Gasteiger partial charge in [-0.15, -0.1) is 0 Å². The maximum absolute atomic E-state index is 9.00. The Bertz CT molecular complexity index is 551. The van der Waals surface area contributed by atoms with Crippen molar-refractivity contribution in [1.82, 2.24) is 4.90 Å². The molecule has 0 atom stereocenters. The SMILES string of the molecule is CN(CCO)Cc1cccc2c(N(C)C)cccc12. The highest BCUT2D eigenvalue weighted by Crippen LogP contribution is 2.28. The molecule has 0 aliphatic carbocycles. The summed E-state index contributed by atoms with van der Waals surface area (Å²) in [6.45, 7) is 1.75. The maximum atomic E-state index is 9.00. The Morgan fingerprint density at radius 1 is 0.947 bits per heavy atom. The number of fused-ring (bicyclic) bond motifs is 1. The van der Waals surface area contributed by atoms with Crippen LogP contribution in [-0.4, -0.2) is 44.3 Å². The van der Waals surface area contributed by atoms with E-state index < -0.39 is 0 Å². The van der Waals surface area contributed by atoms with E-state index in [1.165, 1.54) is 22.0 Å². The van der Waals surface area contributed by atoms with Gasteiger partial charge in [0.15, 0.2) is 0 Å². The molecule has 0 saturated carbocycles. The minimum absolute atomic E-state index is 0.199. The molecule has 0 bridgehead atoms. The van der Waals surface area contributed by atoms with Gasteiger partial charge in [-0.1, -0.05) is 30.3 Å². The van der Waals surface area contributed by atoms with Gasteiger partial charge in [0.2, 0.25) is 0 Å². The van der Waals surface area contributed by atoms with E-state index in [-0.39, 0.29) is 6.61 Å². The van der Waals surface area contributed by atoms with Crippen LogP contribution >= 0.6 is 0 Å². The first-order valence-corrected chi connectivity index (χ1v) is 6.61. The Hall–Kier alpha value is -1.58. The van der Waals surface area contributed by atoms with Crippen molar-refractivity contribution in [3.8, 4) is 0 Å². The third kappa shape index (κ3) is 3.06. The molecule has 102 valence electrons. The monoisotopic (exact) mass is 258 g/mol. The van der Waals surface area contributed by atoms with Crippen molar-refractivity contribution >= 4 is 16.5 Å². The zero-order valence-corrected chi connectivity index (χ0v) is 11.9. The van der Waals surface area contributed by atoms with Crippen LogP contribution in [0, 0.1) is 0 Å². The lowest BCUT2D eigenvalue weighted by Gasteiger charge is -2.19. The molecular weight excluding hydrogens is 236 g/mol.